The Morgan fingerprint density at radius 2 is 1.56 bits per heavy atom. The number of nitrogens with one attached hydrogen (secondary N) is 2. The number of carbonyl (C=O) groups excluding carboxylic acids is 4. The number of nitrogens with two attached hydrogens (primary N) is 1. The van der Waals surface area contributed by atoms with Gasteiger partial charge in [-0.1, -0.05) is 48.5 Å². The number of hydrogen-bond donors (Lipinski definition) is 3. The topological polar surface area (TPSA) is 146 Å². The lowest BCUT2D eigenvalue weighted by atomic mass is 9.98. The van der Waals surface area contributed by atoms with E-state index in [1.807, 2.05) is 48.5 Å². The minimum absolute atomic E-state index is 0.0499. The molecule has 0 aromatic heterocycles. The van der Waals surface area contributed by atoms with Crippen molar-refractivity contribution in [1.82, 2.24) is 10.6 Å². The lowest BCUT2D eigenvalue weighted by molar-refractivity contribution is -0.160. The maximum atomic E-state index is 12.6. The van der Waals surface area contributed by atoms with Crippen molar-refractivity contribution in [2.45, 2.75) is 38.3 Å². The van der Waals surface area contributed by atoms with Gasteiger partial charge in [-0.2, -0.15) is 0 Å². The third-order valence-corrected chi connectivity index (χ3v) is 5.31. The molecule has 0 spiro atoms. The lowest BCUT2D eigenvalue weighted by Gasteiger charge is -2.21. The largest absolute Gasteiger partial charge is 0.458 e. The fraction of sp³-hybridized carbons (Fsp3) is 0.385. The van der Waals surface area contributed by atoms with Crippen molar-refractivity contribution in [1.29, 1.82) is 0 Å². The van der Waals surface area contributed by atoms with Gasteiger partial charge in [0.05, 0.1) is 13.2 Å². The number of carbonyl (C=O) groups is 4. The summed E-state index contributed by atoms with van der Waals surface area (Å²) in [5.74, 6) is -2.25. The van der Waals surface area contributed by atoms with Gasteiger partial charge in [-0.3, -0.25) is 9.59 Å². The Balaban J connectivity index is 1.61. The Morgan fingerprint density at radius 3 is 2.11 bits per heavy atom. The fourth-order valence-electron chi connectivity index (χ4n) is 3.89. The number of fused-ring (bicyclic) bond motifs is 3. The summed E-state index contributed by atoms with van der Waals surface area (Å²) in [5.41, 5.74) is 8.64. The second-order valence-corrected chi connectivity index (χ2v) is 9.31. The zero-order chi connectivity index (χ0) is 26.3. The Kier molecular flexibility index (Phi) is 8.65. The monoisotopic (exact) mass is 497 g/mol. The fourth-order valence-corrected chi connectivity index (χ4v) is 3.89. The molecule has 2 aromatic carbocycles. The second-order valence-electron chi connectivity index (χ2n) is 9.31. The van der Waals surface area contributed by atoms with E-state index in [9.17, 15) is 19.2 Å². The van der Waals surface area contributed by atoms with Gasteiger partial charge in [-0.25, -0.2) is 9.59 Å². The van der Waals surface area contributed by atoms with E-state index in [2.05, 4.69) is 10.6 Å². The predicted molar refractivity (Wildman–Crippen MR) is 131 cm³/mol. The Labute approximate surface area is 209 Å². The Hall–Kier alpha value is -3.92. The molecule has 1 aliphatic rings. The summed E-state index contributed by atoms with van der Waals surface area (Å²) in [6.45, 7) is 3.98. The van der Waals surface area contributed by atoms with Gasteiger partial charge in [-0.15, -0.1) is 0 Å². The molecule has 3 rings (SSSR count). The third kappa shape index (κ3) is 7.29. The van der Waals surface area contributed by atoms with E-state index in [0.29, 0.717) is 0 Å². The molecule has 0 saturated heterocycles. The summed E-state index contributed by atoms with van der Waals surface area (Å²) in [7, 11) is 0. The first kappa shape index (κ1) is 26.7. The van der Waals surface area contributed by atoms with Gasteiger partial charge in [-0.05, 0) is 43.0 Å². The maximum absolute atomic E-state index is 12.6. The molecule has 36 heavy (non-hydrogen) atoms. The van der Waals surface area contributed by atoms with Crippen molar-refractivity contribution in [3.63, 3.8) is 0 Å². The van der Waals surface area contributed by atoms with Crippen molar-refractivity contribution in [2.75, 3.05) is 26.4 Å². The van der Waals surface area contributed by atoms with Crippen LogP contribution in [0.5, 0.6) is 0 Å². The van der Waals surface area contributed by atoms with Gasteiger partial charge in [0.1, 0.15) is 24.9 Å². The zero-order valence-corrected chi connectivity index (χ0v) is 20.5. The van der Waals surface area contributed by atoms with Crippen LogP contribution >= 0.6 is 0 Å². The molecule has 0 fully saturated rings. The summed E-state index contributed by atoms with van der Waals surface area (Å²) in [6, 6.07) is 14.6. The van der Waals surface area contributed by atoms with E-state index in [4.69, 9.17) is 19.9 Å². The van der Waals surface area contributed by atoms with Crippen LogP contribution in [0.1, 0.15) is 37.8 Å². The predicted octanol–water partition coefficient (Wildman–Crippen LogP) is 1.85. The first-order valence-electron chi connectivity index (χ1n) is 11.5. The molecule has 1 aliphatic carbocycles. The Morgan fingerprint density at radius 1 is 0.972 bits per heavy atom. The van der Waals surface area contributed by atoms with Crippen LogP contribution in [0.4, 0.5) is 4.79 Å². The van der Waals surface area contributed by atoms with E-state index >= 15 is 0 Å². The number of rotatable bonds is 10. The summed E-state index contributed by atoms with van der Waals surface area (Å²) in [4.78, 5) is 48.0. The average molecular weight is 498 g/mol. The van der Waals surface area contributed by atoms with Crippen LogP contribution < -0.4 is 16.4 Å². The quantitative estimate of drug-likeness (QED) is 0.425. The van der Waals surface area contributed by atoms with Crippen molar-refractivity contribution in [3.05, 3.63) is 59.7 Å². The first-order chi connectivity index (χ1) is 17.0. The minimum atomic E-state index is -1.23. The van der Waals surface area contributed by atoms with Crippen LogP contribution in [0.25, 0.3) is 11.1 Å². The van der Waals surface area contributed by atoms with Gasteiger partial charge in [0.25, 0.3) is 0 Å². The molecule has 10 nitrogen and oxygen atoms in total. The highest BCUT2D eigenvalue weighted by atomic mass is 16.6. The van der Waals surface area contributed by atoms with E-state index in [-0.39, 0.29) is 19.1 Å². The van der Waals surface area contributed by atoms with E-state index < -0.39 is 48.7 Å². The first-order valence-corrected chi connectivity index (χ1v) is 11.5. The molecule has 2 aromatic rings. The van der Waals surface area contributed by atoms with Gasteiger partial charge in [0.15, 0.2) is 0 Å². The van der Waals surface area contributed by atoms with Gasteiger partial charge >= 0.3 is 12.1 Å². The molecule has 1 atom stereocenters. The molecule has 10 heteroatoms. The van der Waals surface area contributed by atoms with Gasteiger partial charge < -0.3 is 30.6 Å². The number of alkyl carbamates (subject to hydrolysis) is 1. The highest BCUT2D eigenvalue weighted by Gasteiger charge is 2.30. The van der Waals surface area contributed by atoms with Crippen molar-refractivity contribution < 1.29 is 33.4 Å². The second kappa shape index (κ2) is 11.7. The number of esters is 1. The number of benzene rings is 2. The highest BCUT2D eigenvalue weighted by Crippen LogP contribution is 2.44. The van der Waals surface area contributed by atoms with Crippen LogP contribution in [0, 0.1) is 0 Å². The molecule has 0 radical (unpaired) electrons. The summed E-state index contributed by atoms with van der Waals surface area (Å²) < 4.78 is 15.9. The number of amides is 3. The summed E-state index contributed by atoms with van der Waals surface area (Å²) >= 11 is 0. The van der Waals surface area contributed by atoms with Gasteiger partial charge in [0.2, 0.25) is 11.8 Å². The SMILES string of the molecule is CC(C)(C)OC(=O)COCC(NC(=O)OCC1c2ccccc2-c2ccccc21)C(=O)NCC(N)=O. The minimum Gasteiger partial charge on any atom is -0.458 e. The zero-order valence-electron chi connectivity index (χ0n) is 20.5. The molecule has 0 bridgehead atoms. The van der Waals surface area contributed by atoms with Crippen LogP contribution in [-0.4, -0.2) is 61.9 Å². The summed E-state index contributed by atoms with van der Waals surface area (Å²) in [5, 5.41) is 4.74. The van der Waals surface area contributed by atoms with E-state index in [0.717, 1.165) is 22.3 Å². The molecule has 0 heterocycles. The van der Waals surface area contributed by atoms with E-state index in [1.54, 1.807) is 20.8 Å². The normalized spacial score (nSPS) is 13.2. The van der Waals surface area contributed by atoms with Crippen molar-refractivity contribution in [3.8, 4) is 11.1 Å². The summed E-state index contributed by atoms with van der Waals surface area (Å²) in [6.07, 6.45) is -0.850. The number of ether oxygens (including phenoxy) is 3. The molecule has 0 aliphatic heterocycles. The van der Waals surface area contributed by atoms with Crippen LogP contribution in [0.3, 0.4) is 0 Å². The maximum Gasteiger partial charge on any atom is 0.407 e. The molecule has 3 amide bonds. The van der Waals surface area contributed by atoms with Crippen LogP contribution in [0.15, 0.2) is 48.5 Å². The smallest absolute Gasteiger partial charge is 0.407 e. The third-order valence-electron chi connectivity index (χ3n) is 5.31. The highest BCUT2D eigenvalue weighted by molar-refractivity contribution is 5.89. The average Bonchev–Trinajstić information content (AvgIpc) is 3.13. The lowest BCUT2D eigenvalue weighted by Crippen LogP contribution is -2.51. The van der Waals surface area contributed by atoms with Crippen molar-refractivity contribution >= 4 is 23.9 Å². The molecule has 192 valence electrons. The molecular formula is C26H31N3O7. The number of hydrogen-bond acceptors (Lipinski definition) is 7. The molecule has 4 N–H and O–H groups in total. The molecule has 0 saturated carbocycles. The van der Waals surface area contributed by atoms with Crippen LogP contribution in [-0.2, 0) is 28.6 Å². The van der Waals surface area contributed by atoms with E-state index in [1.165, 1.54) is 0 Å². The standard InChI is InChI=1S/C26H31N3O7/c1-26(2,3)36-23(31)15-34-14-21(24(32)28-12-22(27)30)29-25(33)35-13-20-18-10-6-4-8-16(18)17-9-5-7-11-19(17)20/h4-11,20-21H,12-15H2,1-3H3,(H2,27,30)(H,28,32)(H,29,33). The molecule has 1 unspecified atom stereocenters. The van der Waals surface area contributed by atoms with Crippen molar-refractivity contribution in [2.24, 2.45) is 5.73 Å². The van der Waals surface area contributed by atoms with Gasteiger partial charge in [0, 0.05) is 5.92 Å². The molecular weight excluding hydrogens is 466 g/mol. The van der Waals surface area contributed by atoms with Crippen LogP contribution in [0.2, 0.25) is 0 Å². The number of primary amides is 1. The Bertz CT molecular complexity index is 1080.